The van der Waals surface area contributed by atoms with Crippen LogP contribution >= 0.6 is 0 Å². The summed E-state index contributed by atoms with van der Waals surface area (Å²) in [5, 5.41) is 8.19. The Hall–Kier alpha value is -3.68. The van der Waals surface area contributed by atoms with Crippen LogP contribution in [0.4, 0.5) is 10.5 Å². The predicted octanol–water partition coefficient (Wildman–Crippen LogP) is 1.98. The maximum atomic E-state index is 12.9. The second kappa shape index (κ2) is 7.62. The van der Waals surface area contributed by atoms with E-state index in [0.717, 1.165) is 17.7 Å². The number of nitrogens with one attached hydrogen (secondary N) is 3. The third kappa shape index (κ3) is 3.76. The number of carbonyl (C=O) groups excluding carboxylic acids is 4. The molecule has 0 spiro atoms. The van der Waals surface area contributed by atoms with Crippen molar-refractivity contribution in [2.75, 3.05) is 11.9 Å². The highest BCUT2D eigenvalue weighted by Crippen LogP contribution is 2.28. The van der Waals surface area contributed by atoms with Gasteiger partial charge in [0.05, 0.1) is 11.3 Å². The molecule has 2 aliphatic rings. The molecule has 0 bridgehead atoms. The first-order valence-electron chi connectivity index (χ1n) is 9.78. The summed E-state index contributed by atoms with van der Waals surface area (Å²) in [6, 6.07) is 15.0. The summed E-state index contributed by atoms with van der Waals surface area (Å²) < 4.78 is 0. The number of anilines is 1. The number of para-hydroxylation sites is 1. The van der Waals surface area contributed by atoms with Crippen molar-refractivity contribution >= 4 is 29.4 Å². The van der Waals surface area contributed by atoms with Crippen molar-refractivity contribution in [3.63, 3.8) is 0 Å². The minimum Gasteiger partial charge on any atom is -0.349 e. The molecule has 0 unspecified atom stereocenters. The van der Waals surface area contributed by atoms with Gasteiger partial charge in [0.25, 0.3) is 11.8 Å². The van der Waals surface area contributed by atoms with Crippen LogP contribution in [-0.2, 0) is 15.1 Å². The lowest BCUT2D eigenvalue weighted by atomic mass is 9.92. The molecular weight excluding hydrogens is 384 g/mol. The zero-order valence-corrected chi connectivity index (χ0v) is 16.5. The molecular formula is C22H22N4O4. The number of rotatable bonds is 6. The Bertz CT molecular complexity index is 1020. The van der Waals surface area contributed by atoms with Crippen molar-refractivity contribution in [1.29, 1.82) is 0 Å². The van der Waals surface area contributed by atoms with E-state index in [1.54, 1.807) is 55.5 Å². The summed E-state index contributed by atoms with van der Waals surface area (Å²) in [7, 11) is 0. The van der Waals surface area contributed by atoms with E-state index in [1.165, 1.54) is 0 Å². The Labute approximate surface area is 173 Å². The van der Waals surface area contributed by atoms with Crippen LogP contribution in [0.25, 0.3) is 0 Å². The minimum absolute atomic E-state index is 0.183. The Morgan fingerprint density at radius 2 is 1.73 bits per heavy atom. The monoisotopic (exact) mass is 406 g/mol. The molecule has 1 aliphatic heterocycles. The number of hydrogen-bond donors (Lipinski definition) is 3. The van der Waals surface area contributed by atoms with Crippen LogP contribution in [0.1, 0.15) is 35.7 Å². The van der Waals surface area contributed by atoms with E-state index in [4.69, 9.17) is 0 Å². The first-order chi connectivity index (χ1) is 14.4. The highest BCUT2D eigenvalue weighted by atomic mass is 16.2. The van der Waals surface area contributed by atoms with Gasteiger partial charge in [-0.25, -0.2) is 4.79 Å². The number of nitrogens with zero attached hydrogens (tertiary/aromatic N) is 1. The Morgan fingerprint density at radius 3 is 2.43 bits per heavy atom. The van der Waals surface area contributed by atoms with Crippen molar-refractivity contribution in [1.82, 2.24) is 15.5 Å². The molecule has 154 valence electrons. The molecule has 1 aliphatic carbocycles. The number of amides is 5. The van der Waals surface area contributed by atoms with Gasteiger partial charge >= 0.3 is 6.03 Å². The minimum atomic E-state index is -1.24. The van der Waals surface area contributed by atoms with Gasteiger partial charge in [0.2, 0.25) is 5.91 Å². The van der Waals surface area contributed by atoms with E-state index < -0.39 is 29.9 Å². The number of hydrogen-bond acceptors (Lipinski definition) is 4. The maximum absolute atomic E-state index is 12.9. The summed E-state index contributed by atoms with van der Waals surface area (Å²) in [6.45, 7) is 1.16. The maximum Gasteiger partial charge on any atom is 0.325 e. The number of imide groups is 1. The Balaban J connectivity index is 1.46. The SMILES string of the molecule is C[C@@]1(c2ccccc2)NC(=O)N(CC(=O)Nc2ccccc2C(=O)NC2CC2)C1=O. The van der Waals surface area contributed by atoms with E-state index in [2.05, 4.69) is 16.0 Å². The molecule has 1 saturated carbocycles. The smallest absolute Gasteiger partial charge is 0.325 e. The molecule has 0 radical (unpaired) electrons. The van der Waals surface area contributed by atoms with Gasteiger partial charge < -0.3 is 16.0 Å². The molecule has 4 rings (SSSR count). The van der Waals surface area contributed by atoms with Crippen LogP contribution < -0.4 is 16.0 Å². The highest BCUT2D eigenvalue weighted by Gasteiger charge is 2.49. The topological polar surface area (TPSA) is 108 Å². The fourth-order valence-corrected chi connectivity index (χ4v) is 3.42. The first kappa shape index (κ1) is 19.6. The molecule has 0 aromatic heterocycles. The van der Waals surface area contributed by atoms with Crippen LogP contribution in [0.15, 0.2) is 54.6 Å². The molecule has 2 fully saturated rings. The molecule has 5 amide bonds. The number of urea groups is 1. The van der Waals surface area contributed by atoms with Gasteiger partial charge in [0, 0.05) is 6.04 Å². The standard InChI is InChI=1S/C22H22N4O4/c1-22(14-7-3-2-4-8-14)20(29)26(21(30)25-22)13-18(27)24-17-10-6-5-9-16(17)19(28)23-15-11-12-15/h2-10,15H,11-13H2,1H3,(H,23,28)(H,24,27)(H,25,30)/t22-/m0/s1. The second-order valence-corrected chi connectivity index (χ2v) is 7.65. The van der Waals surface area contributed by atoms with Crippen LogP contribution in [0.2, 0.25) is 0 Å². The average Bonchev–Trinajstić information content (AvgIpc) is 3.52. The van der Waals surface area contributed by atoms with E-state index in [0.29, 0.717) is 16.8 Å². The average molecular weight is 406 g/mol. The van der Waals surface area contributed by atoms with E-state index in [-0.39, 0.29) is 11.9 Å². The van der Waals surface area contributed by atoms with E-state index in [9.17, 15) is 19.2 Å². The van der Waals surface area contributed by atoms with Crippen LogP contribution in [0, 0.1) is 0 Å². The lowest BCUT2D eigenvalue weighted by Gasteiger charge is -2.22. The van der Waals surface area contributed by atoms with Crippen molar-refractivity contribution in [3.05, 3.63) is 65.7 Å². The molecule has 30 heavy (non-hydrogen) atoms. The van der Waals surface area contributed by atoms with Gasteiger partial charge in [0.15, 0.2) is 0 Å². The van der Waals surface area contributed by atoms with Crippen molar-refractivity contribution < 1.29 is 19.2 Å². The molecule has 1 saturated heterocycles. The number of benzene rings is 2. The molecule has 8 nitrogen and oxygen atoms in total. The number of carbonyl (C=O) groups is 4. The summed E-state index contributed by atoms with van der Waals surface area (Å²) >= 11 is 0. The zero-order chi connectivity index (χ0) is 21.3. The molecule has 2 aromatic rings. The van der Waals surface area contributed by atoms with Crippen molar-refractivity contribution in [2.45, 2.75) is 31.3 Å². The van der Waals surface area contributed by atoms with Gasteiger partial charge in [-0.15, -0.1) is 0 Å². The Morgan fingerprint density at radius 1 is 1.07 bits per heavy atom. The predicted molar refractivity (Wildman–Crippen MR) is 110 cm³/mol. The summed E-state index contributed by atoms with van der Waals surface area (Å²) in [6.07, 6.45) is 1.90. The quantitative estimate of drug-likeness (QED) is 0.638. The summed E-state index contributed by atoms with van der Waals surface area (Å²) in [5.74, 6) is -1.34. The molecule has 2 aromatic carbocycles. The third-order valence-electron chi connectivity index (χ3n) is 5.29. The summed E-state index contributed by atoms with van der Waals surface area (Å²) in [5.41, 5.74) is 0.0664. The molecule has 1 atom stereocenters. The Kier molecular flexibility index (Phi) is 4.99. The zero-order valence-electron chi connectivity index (χ0n) is 16.5. The van der Waals surface area contributed by atoms with Gasteiger partial charge in [-0.2, -0.15) is 0 Å². The van der Waals surface area contributed by atoms with Crippen LogP contribution in [0.3, 0.4) is 0 Å². The van der Waals surface area contributed by atoms with Crippen molar-refractivity contribution in [3.8, 4) is 0 Å². The van der Waals surface area contributed by atoms with Gasteiger partial charge in [-0.05, 0) is 37.5 Å². The van der Waals surface area contributed by atoms with Gasteiger partial charge in [0.1, 0.15) is 12.1 Å². The molecule has 8 heteroatoms. The third-order valence-corrected chi connectivity index (χ3v) is 5.29. The lowest BCUT2D eigenvalue weighted by molar-refractivity contribution is -0.133. The van der Waals surface area contributed by atoms with Crippen molar-refractivity contribution in [2.24, 2.45) is 0 Å². The van der Waals surface area contributed by atoms with E-state index >= 15 is 0 Å². The summed E-state index contributed by atoms with van der Waals surface area (Å²) in [4.78, 5) is 51.2. The first-order valence-corrected chi connectivity index (χ1v) is 9.78. The lowest BCUT2D eigenvalue weighted by Crippen LogP contribution is -2.42. The molecule has 3 N–H and O–H groups in total. The van der Waals surface area contributed by atoms with Gasteiger partial charge in [-0.3, -0.25) is 19.3 Å². The van der Waals surface area contributed by atoms with Gasteiger partial charge in [-0.1, -0.05) is 42.5 Å². The fraction of sp³-hybridized carbons (Fsp3) is 0.273. The second-order valence-electron chi connectivity index (χ2n) is 7.65. The van der Waals surface area contributed by atoms with Crippen LogP contribution in [0.5, 0.6) is 0 Å². The normalized spacial score (nSPS) is 20.6. The highest BCUT2D eigenvalue weighted by molar-refractivity contribution is 6.11. The largest absolute Gasteiger partial charge is 0.349 e. The van der Waals surface area contributed by atoms with Crippen LogP contribution in [-0.4, -0.2) is 41.2 Å². The van der Waals surface area contributed by atoms with E-state index in [1.807, 2.05) is 6.07 Å². The molecule has 1 heterocycles. The fourth-order valence-electron chi connectivity index (χ4n) is 3.42.